The normalized spacial score (nSPS) is 18.3. The van der Waals surface area contributed by atoms with Gasteiger partial charge in [0.2, 0.25) is 11.8 Å². The highest BCUT2D eigenvalue weighted by Gasteiger charge is 2.49. The van der Waals surface area contributed by atoms with Crippen molar-refractivity contribution in [2.24, 2.45) is 28.2 Å². The van der Waals surface area contributed by atoms with Crippen LogP contribution < -0.4 is 45.9 Å². The van der Waals surface area contributed by atoms with Gasteiger partial charge in [0, 0.05) is 132 Å². The topological polar surface area (TPSA) is 358 Å². The standard InChI is InChI=1S/C52H59N7O9.C45H52N6O10/c1-6-24-67-52(64)59-42-30-45(34(3)27-40(42)50(63)58-23-9-7-12-41(58)51(59)68-47-14-8-10-25-66-47)65-26-11-13-46(60)53-39-29-44(57(5)32-39)49(62)55-38-21-17-35(18-22-38)36-28-43(56(4)31-36)48(61)54-37-19-15-33(2)16-20-37;1-5-19-60-45(57)51-35-25-38(28(2)22-33(35)42(54)50-18-8-6-11-34(50)43(51)61-40-13-7-9-20-59-40)58-21-10-12-39(52)46-32-24-36(49(4)27-32)41(53)47-31-16-14-29(15-17-31)30-23-37(44(55)56)48(3)26-30/h6,15-22,27-32,41,47,51H,1,7-14,23-26H2,2-5H3,(H,53,60)(H,54,61)(H,55,62);5,14-17,22-27,34,40,43H,1,6-13,18-21H2,2-4H3,(H,46,52)(H,47,53)(H,55,56)/t41-,47?,51?;34-,40?,43?/m00/s1. The number of ether oxygens (including phenoxy) is 8. The summed E-state index contributed by atoms with van der Waals surface area (Å²) < 4.78 is 55.3. The molecule has 5 aromatic carbocycles. The second-order valence-electron chi connectivity index (χ2n) is 33.1. The number of aromatic carboxylic acids is 1. The molecule has 15 rings (SSSR count). The quantitative estimate of drug-likeness (QED) is 0.0187. The molecule has 4 aromatic heterocycles. The maximum atomic E-state index is 14.2. The summed E-state index contributed by atoms with van der Waals surface area (Å²) in [5.41, 5.74) is 11.2. The minimum absolute atomic E-state index is 0.0273. The number of carboxylic acid groups (broad SMARTS) is 1. The van der Waals surface area contributed by atoms with Crippen molar-refractivity contribution in [1.82, 2.24) is 28.1 Å². The van der Waals surface area contributed by atoms with Crippen molar-refractivity contribution in [2.75, 3.05) is 89.1 Å². The van der Waals surface area contributed by atoms with Gasteiger partial charge in [-0.05, 0) is 206 Å². The molecule has 0 radical (unpaired) electrons. The number of fused-ring (bicyclic) bond motifs is 4. The van der Waals surface area contributed by atoms with Gasteiger partial charge in [-0.1, -0.05) is 67.3 Å². The number of aromatic nitrogens is 4. The molecule has 6 aliphatic heterocycles. The van der Waals surface area contributed by atoms with Crippen LogP contribution in [0.15, 0.2) is 171 Å². The molecule has 0 saturated carbocycles. The van der Waals surface area contributed by atoms with Crippen molar-refractivity contribution in [3.8, 4) is 33.8 Å². The van der Waals surface area contributed by atoms with E-state index in [9.17, 15) is 53.1 Å². The molecule has 9 amide bonds. The van der Waals surface area contributed by atoms with Gasteiger partial charge >= 0.3 is 18.2 Å². The molecule has 0 bridgehead atoms. The smallest absolute Gasteiger partial charge is 0.416 e. The molecule has 0 spiro atoms. The summed E-state index contributed by atoms with van der Waals surface area (Å²) in [6, 6.07) is 34.7. The Labute approximate surface area is 748 Å². The van der Waals surface area contributed by atoms with Crippen LogP contribution >= 0.6 is 0 Å². The number of hydrogen-bond acceptors (Lipinski definition) is 18. The molecule has 10 heterocycles. The first kappa shape index (κ1) is 91.6. The lowest BCUT2D eigenvalue weighted by atomic mass is 10.00. The second kappa shape index (κ2) is 41.9. The predicted octanol–water partition coefficient (Wildman–Crippen LogP) is 16.1. The molecule has 0 aliphatic carbocycles. The average molecular weight is 1760 g/mol. The summed E-state index contributed by atoms with van der Waals surface area (Å²) in [6.07, 6.45) is 16.5. The maximum absolute atomic E-state index is 14.2. The molecule has 4 unspecified atom stereocenters. The van der Waals surface area contributed by atoms with Crippen molar-refractivity contribution in [2.45, 2.75) is 161 Å². The molecule has 4 fully saturated rings. The van der Waals surface area contributed by atoms with Crippen molar-refractivity contribution in [1.29, 1.82) is 0 Å². The Kier molecular flexibility index (Phi) is 29.8. The van der Waals surface area contributed by atoms with E-state index in [1.165, 1.54) is 22.0 Å². The molecular formula is C97H111N13O19. The number of carbonyl (C=O) groups excluding carboxylic acids is 9. The molecule has 32 nitrogen and oxygen atoms in total. The van der Waals surface area contributed by atoms with E-state index in [0.717, 1.165) is 79.2 Å². The zero-order valence-electron chi connectivity index (χ0n) is 73.7. The fourth-order valence-electron chi connectivity index (χ4n) is 17.0. The van der Waals surface area contributed by atoms with E-state index in [0.29, 0.717) is 155 Å². The lowest BCUT2D eigenvalue weighted by molar-refractivity contribution is -0.199. The van der Waals surface area contributed by atoms with Crippen LogP contribution in [0.3, 0.4) is 0 Å². The number of piperidine rings is 2. The molecule has 6 N–H and O–H groups in total. The third-order valence-electron chi connectivity index (χ3n) is 23.6. The van der Waals surface area contributed by atoms with Crippen molar-refractivity contribution in [3.05, 3.63) is 222 Å². The molecule has 32 heteroatoms. The Morgan fingerprint density at radius 2 is 0.822 bits per heavy atom. The third kappa shape index (κ3) is 22.0. The van der Waals surface area contributed by atoms with Crippen molar-refractivity contribution in [3.63, 3.8) is 0 Å². The Morgan fingerprint density at radius 3 is 1.21 bits per heavy atom. The first-order chi connectivity index (χ1) is 62.3. The van der Waals surface area contributed by atoms with E-state index in [2.05, 4.69) is 39.7 Å². The zero-order chi connectivity index (χ0) is 91.1. The molecule has 9 aromatic rings. The Hall–Kier alpha value is -13.6. The minimum Gasteiger partial charge on any atom is -0.493 e. The highest BCUT2D eigenvalue weighted by atomic mass is 16.7. The predicted molar refractivity (Wildman–Crippen MR) is 486 cm³/mol. The van der Waals surface area contributed by atoms with E-state index in [1.807, 2.05) is 86.3 Å². The number of carboxylic acids is 1. The number of carbonyl (C=O) groups is 10. The number of nitrogens with zero attached hydrogens (tertiary/aromatic N) is 8. The van der Waals surface area contributed by atoms with Gasteiger partial charge in [0.05, 0.1) is 59.2 Å². The molecule has 6 atom stereocenters. The molecule has 129 heavy (non-hydrogen) atoms. The number of benzene rings is 5. The van der Waals surface area contributed by atoms with Gasteiger partial charge in [-0.3, -0.25) is 33.6 Å². The largest absolute Gasteiger partial charge is 0.493 e. The number of amides is 9. The number of rotatable bonds is 29. The molecule has 4 saturated heterocycles. The van der Waals surface area contributed by atoms with Crippen LogP contribution in [0.2, 0.25) is 0 Å². The Bertz CT molecular complexity index is 5640. The Morgan fingerprint density at radius 1 is 0.442 bits per heavy atom. The summed E-state index contributed by atoms with van der Waals surface area (Å²) in [5.74, 6) is -1.99. The first-order valence-electron chi connectivity index (χ1n) is 43.8. The van der Waals surface area contributed by atoms with E-state index in [4.69, 9.17) is 37.9 Å². The highest BCUT2D eigenvalue weighted by molar-refractivity contribution is 6.09. The fourth-order valence-corrected chi connectivity index (χ4v) is 17.0. The lowest BCUT2D eigenvalue weighted by Crippen LogP contribution is -2.57. The molecular weight excluding hydrogens is 1650 g/mol. The van der Waals surface area contributed by atoms with Crippen LogP contribution in [0.1, 0.15) is 182 Å². The lowest BCUT2D eigenvalue weighted by Gasteiger charge is -2.42. The van der Waals surface area contributed by atoms with E-state index in [1.54, 1.807) is 137 Å². The number of hydrogen-bond donors (Lipinski definition) is 6. The van der Waals surface area contributed by atoms with Gasteiger partial charge in [0.1, 0.15) is 47.5 Å². The summed E-state index contributed by atoms with van der Waals surface area (Å²) in [7, 11) is 6.92. The van der Waals surface area contributed by atoms with Crippen LogP contribution in [0.4, 0.5) is 49.4 Å². The van der Waals surface area contributed by atoms with Crippen LogP contribution in [0.25, 0.3) is 22.3 Å². The van der Waals surface area contributed by atoms with Crippen LogP contribution in [0.5, 0.6) is 11.5 Å². The Balaban J connectivity index is 0.000000210. The van der Waals surface area contributed by atoms with E-state index < -0.39 is 55.3 Å². The zero-order valence-corrected chi connectivity index (χ0v) is 73.7. The van der Waals surface area contributed by atoms with Crippen LogP contribution in [0, 0.1) is 20.8 Å². The monoisotopic (exact) mass is 1760 g/mol. The number of anilines is 7. The fraction of sp³-hybridized carbons (Fsp3) is 0.381. The average Bonchev–Trinajstić information content (AvgIpc) is 1.62. The third-order valence-corrected chi connectivity index (χ3v) is 23.6. The summed E-state index contributed by atoms with van der Waals surface area (Å²) in [4.78, 5) is 140. The van der Waals surface area contributed by atoms with Gasteiger partial charge in [-0.25, -0.2) is 24.2 Å². The van der Waals surface area contributed by atoms with E-state index >= 15 is 0 Å². The summed E-state index contributed by atoms with van der Waals surface area (Å²) >= 11 is 0. The second-order valence-corrected chi connectivity index (χ2v) is 33.1. The molecule has 6 aliphatic rings. The van der Waals surface area contributed by atoms with Crippen molar-refractivity contribution >= 4 is 99.3 Å². The SMILES string of the molecule is C=CCOC(=O)N1c2cc(OCCCC(=O)Nc3cc(C(=O)Nc4ccc(-c5cc(C(=O)Nc6ccc(C)cc6)n(C)c5)cc4)n(C)c3)c(C)cc2C(=O)N2CCCC[C@H]2C1OC1CCCCO1.C=CCOC(=O)N1c2cc(OCCCC(=O)Nc3cc(C(=O)Nc4ccc(-c5cc(C(=O)O)n(C)c5)cc4)n(C)c3)c(C)cc2C(=O)N2CCCC[C@H]2C1OC1CCCCO1. The van der Waals surface area contributed by atoms with Gasteiger partial charge in [0.25, 0.3) is 29.5 Å². The van der Waals surface area contributed by atoms with E-state index in [-0.39, 0.29) is 86.3 Å². The number of aryl methyl sites for hydroxylation is 7. The van der Waals surface area contributed by atoms with Gasteiger partial charge in [-0.15, -0.1) is 0 Å². The maximum Gasteiger partial charge on any atom is 0.416 e. The highest BCUT2D eigenvalue weighted by Crippen LogP contribution is 2.43. The summed E-state index contributed by atoms with van der Waals surface area (Å²) in [6.45, 7) is 15.5. The summed E-state index contributed by atoms with van der Waals surface area (Å²) in [5, 5.41) is 23.8. The van der Waals surface area contributed by atoms with Gasteiger partial charge in [-0.2, -0.15) is 0 Å². The first-order valence-corrected chi connectivity index (χ1v) is 43.8. The minimum atomic E-state index is -1.02. The van der Waals surface area contributed by atoms with Crippen LogP contribution in [-0.4, -0.2) is 183 Å². The molecule has 678 valence electrons. The van der Waals surface area contributed by atoms with Gasteiger partial charge in [0.15, 0.2) is 25.0 Å². The van der Waals surface area contributed by atoms with Crippen molar-refractivity contribution < 1.29 is 90.9 Å². The van der Waals surface area contributed by atoms with Crippen LogP contribution in [-0.2, 0) is 66.2 Å². The number of nitrogens with one attached hydrogen (secondary N) is 5. The van der Waals surface area contributed by atoms with Gasteiger partial charge < -0.3 is 97.7 Å².